The van der Waals surface area contributed by atoms with Crippen molar-refractivity contribution in [3.8, 4) is 0 Å². The van der Waals surface area contributed by atoms with E-state index < -0.39 is 0 Å². The third kappa shape index (κ3) is 1.92. The Morgan fingerprint density at radius 2 is 2.07 bits per heavy atom. The molecule has 1 aromatic rings. The van der Waals surface area contributed by atoms with Crippen LogP contribution >= 0.6 is 0 Å². The van der Waals surface area contributed by atoms with Crippen LogP contribution in [0.4, 0.5) is 4.39 Å². The average Bonchev–Trinajstić information content (AvgIpc) is 2.67. The largest absolute Gasteiger partial charge is 0.348 e. The number of hydrogen-bond donors (Lipinski definition) is 1. The Bertz CT molecular complexity index is 301. The molecule has 1 heterocycles. The van der Waals surface area contributed by atoms with Crippen LogP contribution < -0.4 is 5.73 Å². The van der Waals surface area contributed by atoms with Gasteiger partial charge in [0.25, 0.3) is 0 Å². The lowest BCUT2D eigenvalue weighted by molar-refractivity contribution is -0.0497. The van der Waals surface area contributed by atoms with E-state index in [1.165, 1.54) is 12.1 Å². The van der Waals surface area contributed by atoms with Crippen LogP contribution in [0.25, 0.3) is 0 Å². The maximum absolute atomic E-state index is 12.6. The van der Waals surface area contributed by atoms with E-state index in [4.69, 9.17) is 15.2 Å². The summed E-state index contributed by atoms with van der Waals surface area (Å²) in [7, 11) is 0. The Hall–Kier alpha value is -0.970. The Balaban J connectivity index is 2.06. The molecule has 2 atom stereocenters. The van der Waals surface area contributed by atoms with Gasteiger partial charge < -0.3 is 15.2 Å². The first-order valence-electron chi connectivity index (χ1n) is 4.52. The van der Waals surface area contributed by atoms with Gasteiger partial charge in [-0.05, 0) is 17.7 Å². The molecule has 0 amide bonds. The average molecular weight is 197 g/mol. The van der Waals surface area contributed by atoms with E-state index in [-0.39, 0.29) is 18.2 Å². The van der Waals surface area contributed by atoms with Crippen LogP contribution in [0.3, 0.4) is 0 Å². The molecule has 3 nitrogen and oxygen atoms in total. The van der Waals surface area contributed by atoms with Crippen molar-refractivity contribution in [1.29, 1.82) is 0 Å². The van der Waals surface area contributed by atoms with Gasteiger partial charge in [0.05, 0.1) is 6.61 Å². The summed E-state index contributed by atoms with van der Waals surface area (Å²) in [6, 6.07) is 6.22. The first-order chi connectivity index (χ1) is 6.79. The number of halogens is 1. The fourth-order valence-electron chi connectivity index (χ4n) is 1.43. The summed E-state index contributed by atoms with van der Waals surface area (Å²) in [6.45, 7) is 0.825. The molecule has 0 radical (unpaired) electrons. The highest BCUT2D eigenvalue weighted by molar-refractivity contribution is 5.19. The second-order valence-corrected chi connectivity index (χ2v) is 3.17. The van der Waals surface area contributed by atoms with E-state index in [0.717, 1.165) is 5.56 Å². The van der Waals surface area contributed by atoms with E-state index >= 15 is 0 Å². The van der Waals surface area contributed by atoms with Gasteiger partial charge in [-0.3, -0.25) is 0 Å². The molecule has 0 aromatic heterocycles. The molecule has 2 unspecified atom stereocenters. The Morgan fingerprint density at radius 3 is 2.64 bits per heavy atom. The molecule has 14 heavy (non-hydrogen) atoms. The first-order valence-corrected chi connectivity index (χ1v) is 4.52. The standard InChI is InChI=1S/C10H12FNO2/c11-8-3-1-7(2-4-8)9-6-13-10(5-12)14-9/h1-4,9-10H,5-6,12H2. The fourth-order valence-corrected chi connectivity index (χ4v) is 1.43. The van der Waals surface area contributed by atoms with Crippen LogP contribution in [0.1, 0.15) is 11.7 Å². The molecule has 0 saturated carbocycles. The van der Waals surface area contributed by atoms with Crippen LogP contribution in [-0.4, -0.2) is 19.4 Å². The van der Waals surface area contributed by atoms with Gasteiger partial charge in [-0.1, -0.05) is 12.1 Å². The molecule has 4 heteroatoms. The van der Waals surface area contributed by atoms with Crippen molar-refractivity contribution in [2.75, 3.05) is 13.2 Å². The summed E-state index contributed by atoms with van der Waals surface area (Å²) in [5, 5.41) is 0. The molecule has 1 aliphatic heterocycles. The number of rotatable bonds is 2. The Morgan fingerprint density at radius 1 is 1.36 bits per heavy atom. The first kappa shape index (κ1) is 9.58. The van der Waals surface area contributed by atoms with E-state index in [1.807, 2.05) is 0 Å². The van der Waals surface area contributed by atoms with Crippen molar-refractivity contribution in [2.24, 2.45) is 5.73 Å². The van der Waals surface area contributed by atoms with Crippen LogP contribution in [0, 0.1) is 5.82 Å². The van der Waals surface area contributed by atoms with Gasteiger partial charge in [0.2, 0.25) is 0 Å². The monoisotopic (exact) mass is 197 g/mol. The Labute approximate surface area is 81.6 Å². The number of nitrogens with two attached hydrogens (primary N) is 1. The van der Waals surface area contributed by atoms with Crippen LogP contribution in [0.2, 0.25) is 0 Å². The van der Waals surface area contributed by atoms with Crippen LogP contribution in [0.15, 0.2) is 24.3 Å². The third-order valence-electron chi connectivity index (χ3n) is 2.18. The molecule has 2 rings (SSSR count). The highest BCUT2D eigenvalue weighted by Gasteiger charge is 2.25. The number of hydrogen-bond acceptors (Lipinski definition) is 3. The zero-order valence-electron chi connectivity index (χ0n) is 7.65. The molecule has 76 valence electrons. The normalized spacial score (nSPS) is 26.7. The second kappa shape index (κ2) is 4.04. The molecule has 1 saturated heterocycles. The van der Waals surface area contributed by atoms with Gasteiger partial charge in [0, 0.05) is 6.54 Å². The zero-order chi connectivity index (χ0) is 9.97. The van der Waals surface area contributed by atoms with Crippen molar-refractivity contribution in [2.45, 2.75) is 12.4 Å². The smallest absolute Gasteiger partial charge is 0.170 e. The highest BCUT2D eigenvalue weighted by Crippen LogP contribution is 2.25. The quantitative estimate of drug-likeness (QED) is 0.774. The van der Waals surface area contributed by atoms with Gasteiger partial charge in [-0.25, -0.2) is 4.39 Å². The van der Waals surface area contributed by atoms with Crippen molar-refractivity contribution < 1.29 is 13.9 Å². The van der Waals surface area contributed by atoms with Gasteiger partial charge in [-0.2, -0.15) is 0 Å². The fraction of sp³-hybridized carbons (Fsp3) is 0.400. The van der Waals surface area contributed by atoms with E-state index in [9.17, 15) is 4.39 Å². The van der Waals surface area contributed by atoms with Crippen molar-refractivity contribution in [3.63, 3.8) is 0 Å². The minimum atomic E-state index is -0.329. The van der Waals surface area contributed by atoms with Gasteiger partial charge >= 0.3 is 0 Å². The summed E-state index contributed by atoms with van der Waals surface area (Å²) < 4.78 is 23.3. The molecule has 1 fully saturated rings. The summed E-state index contributed by atoms with van der Waals surface area (Å²) in [6.07, 6.45) is -0.450. The van der Waals surface area contributed by atoms with Gasteiger partial charge in [0.15, 0.2) is 6.29 Å². The van der Waals surface area contributed by atoms with E-state index in [1.54, 1.807) is 12.1 Å². The van der Waals surface area contributed by atoms with Crippen molar-refractivity contribution >= 4 is 0 Å². The summed E-state index contributed by atoms with van der Waals surface area (Å²) >= 11 is 0. The van der Waals surface area contributed by atoms with Crippen molar-refractivity contribution in [1.82, 2.24) is 0 Å². The lowest BCUT2D eigenvalue weighted by Crippen LogP contribution is -2.20. The summed E-state index contributed by atoms with van der Waals surface area (Å²) in [5.41, 5.74) is 6.31. The van der Waals surface area contributed by atoms with Crippen LogP contribution in [0.5, 0.6) is 0 Å². The van der Waals surface area contributed by atoms with Gasteiger partial charge in [0.1, 0.15) is 11.9 Å². The minimum absolute atomic E-state index is 0.121. The van der Waals surface area contributed by atoms with E-state index in [2.05, 4.69) is 0 Å². The van der Waals surface area contributed by atoms with Gasteiger partial charge in [-0.15, -0.1) is 0 Å². The number of ether oxygens (including phenoxy) is 2. The molecular weight excluding hydrogens is 185 g/mol. The molecule has 2 N–H and O–H groups in total. The lowest BCUT2D eigenvalue weighted by Gasteiger charge is -2.09. The molecule has 1 aliphatic rings. The highest BCUT2D eigenvalue weighted by atomic mass is 19.1. The molecule has 0 aliphatic carbocycles. The maximum Gasteiger partial charge on any atom is 0.170 e. The molecular formula is C10H12FNO2. The van der Waals surface area contributed by atoms with Crippen LogP contribution in [-0.2, 0) is 9.47 Å². The predicted octanol–water partition coefficient (Wildman–Crippen LogP) is 1.20. The molecule has 1 aromatic carbocycles. The molecule has 0 bridgehead atoms. The Kier molecular flexibility index (Phi) is 2.77. The topological polar surface area (TPSA) is 44.5 Å². The zero-order valence-corrected chi connectivity index (χ0v) is 7.65. The third-order valence-corrected chi connectivity index (χ3v) is 2.18. The molecule has 0 spiro atoms. The lowest BCUT2D eigenvalue weighted by atomic mass is 10.1. The summed E-state index contributed by atoms with van der Waals surface area (Å²) in [5.74, 6) is -0.247. The maximum atomic E-state index is 12.6. The SMILES string of the molecule is NCC1OCC(c2ccc(F)cc2)O1. The van der Waals surface area contributed by atoms with E-state index in [0.29, 0.717) is 13.2 Å². The number of benzene rings is 1. The summed E-state index contributed by atoms with van der Waals surface area (Å²) in [4.78, 5) is 0. The predicted molar refractivity (Wildman–Crippen MR) is 49.0 cm³/mol. The van der Waals surface area contributed by atoms with Crippen molar-refractivity contribution in [3.05, 3.63) is 35.6 Å². The second-order valence-electron chi connectivity index (χ2n) is 3.17. The minimum Gasteiger partial charge on any atom is -0.348 e.